The lowest BCUT2D eigenvalue weighted by atomic mass is 10.0. The molecule has 0 amide bonds. The molecule has 0 aliphatic carbocycles. The van der Waals surface area contributed by atoms with E-state index >= 15 is 0 Å². The van der Waals surface area contributed by atoms with Crippen molar-refractivity contribution in [2.45, 2.75) is 12.8 Å². The van der Waals surface area contributed by atoms with Crippen LogP contribution in [0.5, 0.6) is 5.75 Å². The van der Waals surface area contributed by atoms with Gasteiger partial charge in [0.25, 0.3) is 0 Å². The Labute approximate surface area is 81.1 Å². The second-order valence-electron chi connectivity index (χ2n) is 2.95. The maximum Gasteiger partial charge on any atom is 0.312 e. The topological polar surface area (TPSA) is 46.5 Å². The van der Waals surface area contributed by atoms with Crippen molar-refractivity contribution in [2.24, 2.45) is 0 Å². The molecule has 0 aliphatic heterocycles. The van der Waals surface area contributed by atoms with Crippen LogP contribution in [0.1, 0.15) is 18.4 Å². The predicted molar refractivity (Wildman–Crippen MR) is 48.5 cm³/mol. The second kappa shape index (κ2) is 4.09. The predicted octanol–water partition coefficient (Wildman–Crippen LogP) is 1.81. The van der Waals surface area contributed by atoms with E-state index in [4.69, 9.17) is 5.11 Å². The van der Waals surface area contributed by atoms with Crippen molar-refractivity contribution >= 4 is 5.97 Å². The third kappa shape index (κ3) is 2.02. The van der Waals surface area contributed by atoms with Crippen molar-refractivity contribution in [1.82, 2.24) is 0 Å². The number of carbonyl (C=O) groups is 1. The molecule has 1 rings (SSSR count). The summed E-state index contributed by atoms with van der Waals surface area (Å²) in [7, 11) is 1.25. The highest BCUT2D eigenvalue weighted by Crippen LogP contribution is 2.23. The molecule has 1 aromatic rings. The van der Waals surface area contributed by atoms with Gasteiger partial charge in [-0.3, -0.25) is 4.79 Å². The number of aromatic hydroxyl groups is 1. The molecule has 0 unspecified atom stereocenters. The third-order valence-electron chi connectivity index (χ3n) is 2.01. The number of hydrogen-bond acceptors (Lipinski definition) is 3. The Morgan fingerprint density at radius 2 is 2.21 bits per heavy atom. The molecule has 4 heteroatoms. The van der Waals surface area contributed by atoms with Gasteiger partial charge < -0.3 is 9.84 Å². The van der Waals surface area contributed by atoms with Crippen LogP contribution < -0.4 is 0 Å². The minimum Gasteiger partial charge on any atom is -0.508 e. The summed E-state index contributed by atoms with van der Waals surface area (Å²) < 4.78 is 17.7. The summed E-state index contributed by atoms with van der Waals surface area (Å²) in [6.45, 7) is 1.54. The largest absolute Gasteiger partial charge is 0.508 e. The van der Waals surface area contributed by atoms with Crippen LogP contribution in [-0.4, -0.2) is 18.2 Å². The van der Waals surface area contributed by atoms with Crippen molar-refractivity contribution in [1.29, 1.82) is 0 Å². The molecule has 76 valence electrons. The van der Waals surface area contributed by atoms with Crippen molar-refractivity contribution in [3.8, 4) is 5.75 Å². The van der Waals surface area contributed by atoms with Crippen molar-refractivity contribution in [3.63, 3.8) is 0 Å². The van der Waals surface area contributed by atoms with Gasteiger partial charge in [-0.2, -0.15) is 0 Å². The zero-order valence-electron chi connectivity index (χ0n) is 7.95. The van der Waals surface area contributed by atoms with Gasteiger partial charge in [-0.25, -0.2) is 4.39 Å². The Kier molecular flexibility index (Phi) is 3.06. The third-order valence-corrected chi connectivity index (χ3v) is 2.01. The SMILES string of the molecule is COC(=O)[C@@H](C)c1ccc(O)cc1F. The fourth-order valence-corrected chi connectivity index (χ4v) is 1.17. The van der Waals surface area contributed by atoms with Gasteiger partial charge in [0.05, 0.1) is 13.0 Å². The van der Waals surface area contributed by atoms with Gasteiger partial charge in [-0.1, -0.05) is 6.07 Å². The summed E-state index contributed by atoms with van der Waals surface area (Å²) in [6.07, 6.45) is 0. The lowest BCUT2D eigenvalue weighted by molar-refractivity contribution is -0.142. The average Bonchev–Trinajstić information content (AvgIpc) is 2.15. The zero-order valence-corrected chi connectivity index (χ0v) is 7.95. The molecule has 0 fully saturated rings. The Morgan fingerprint density at radius 1 is 1.57 bits per heavy atom. The molecule has 0 heterocycles. The number of phenols is 1. The molecule has 0 aromatic heterocycles. The minimum absolute atomic E-state index is 0.164. The number of phenolic OH excluding ortho intramolecular Hbond substituents is 1. The number of carbonyl (C=O) groups excluding carboxylic acids is 1. The summed E-state index contributed by atoms with van der Waals surface area (Å²) >= 11 is 0. The number of ether oxygens (including phenoxy) is 1. The van der Waals surface area contributed by atoms with E-state index in [1.807, 2.05) is 0 Å². The molecule has 0 bridgehead atoms. The molecule has 0 saturated heterocycles. The summed E-state index contributed by atoms with van der Waals surface area (Å²) in [4.78, 5) is 11.1. The first kappa shape index (κ1) is 10.5. The number of esters is 1. The lowest BCUT2D eigenvalue weighted by Gasteiger charge is -2.10. The van der Waals surface area contributed by atoms with Crippen LogP contribution >= 0.6 is 0 Å². The first-order chi connectivity index (χ1) is 6.56. The average molecular weight is 198 g/mol. The highest BCUT2D eigenvalue weighted by Gasteiger charge is 2.19. The van der Waals surface area contributed by atoms with Crippen LogP contribution in [-0.2, 0) is 9.53 Å². The minimum atomic E-state index is -0.666. The Hall–Kier alpha value is -1.58. The second-order valence-corrected chi connectivity index (χ2v) is 2.95. The van der Waals surface area contributed by atoms with Crippen molar-refractivity contribution in [3.05, 3.63) is 29.6 Å². The summed E-state index contributed by atoms with van der Waals surface area (Å²) in [5, 5.41) is 8.96. The molecule has 3 nitrogen and oxygen atoms in total. The fourth-order valence-electron chi connectivity index (χ4n) is 1.17. The van der Waals surface area contributed by atoms with Crippen LogP contribution in [0.2, 0.25) is 0 Å². The van der Waals surface area contributed by atoms with Gasteiger partial charge in [-0.15, -0.1) is 0 Å². The summed E-state index contributed by atoms with van der Waals surface area (Å²) in [5.41, 5.74) is 0.217. The molecular formula is C10H11FO3. The Morgan fingerprint density at radius 3 is 2.71 bits per heavy atom. The Bertz CT molecular complexity index is 349. The number of benzene rings is 1. The van der Waals surface area contributed by atoms with E-state index in [0.717, 1.165) is 6.07 Å². The molecule has 1 atom stereocenters. The quantitative estimate of drug-likeness (QED) is 0.737. The first-order valence-corrected chi connectivity index (χ1v) is 4.12. The molecule has 1 aromatic carbocycles. The zero-order chi connectivity index (χ0) is 10.7. The van der Waals surface area contributed by atoms with E-state index in [1.165, 1.54) is 19.2 Å². The van der Waals surface area contributed by atoms with Gasteiger partial charge in [0.1, 0.15) is 11.6 Å². The van der Waals surface area contributed by atoms with E-state index in [2.05, 4.69) is 4.74 Å². The molecule has 0 aliphatic rings. The Balaban J connectivity index is 3.01. The molecule has 1 N–H and O–H groups in total. The van der Waals surface area contributed by atoms with Crippen LogP contribution in [0, 0.1) is 5.82 Å². The highest BCUT2D eigenvalue weighted by atomic mass is 19.1. The molecule has 0 radical (unpaired) electrons. The first-order valence-electron chi connectivity index (χ1n) is 4.12. The normalized spacial score (nSPS) is 12.2. The van der Waals surface area contributed by atoms with E-state index < -0.39 is 17.7 Å². The number of rotatable bonds is 2. The monoisotopic (exact) mass is 198 g/mol. The van der Waals surface area contributed by atoms with E-state index in [1.54, 1.807) is 6.92 Å². The van der Waals surface area contributed by atoms with Gasteiger partial charge in [0.2, 0.25) is 0 Å². The van der Waals surface area contributed by atoms with Crippen molar-refractivity contribution < 1.29 is 19.0 Å². The van der Waals surface area contributed by atoms with Crippen LogP contribution in [0.25, 0.3) is 0 Å². The van der Waals surface area contributed by atoms with E-state index in [-0.39, 0.29) is 11.3 Å². The fraction of sp³-hybridized carbons (Fsp3) is 0.300. The summed E-state index contributed by atoms with van der Waals surface area (Å²) in [5.74, 6) is -1.94. The molecular weight excluding hydrogens is 187 g/mol. The molecule has 0 saturated carbocycles. The standard InChI is InChI=1S/C10H11FO3/c1-6(10(13)14-2)8-4-3-7(12)5-9(8)11/h3-6,12H,1-2H3/t6-/m0/s1. The van der Waals surface area contributed by atoms with Gasteiger partial charge in [-0.05, 0) is 13.0 Å². The van der Waals surface area contributed by atoms with Crippen LogP contribution in [0.3, 0.4) is 0 Å². The van der Waals surface area contributed by atoms with E-state index in [0.29, 0.717) is 0 Å². The highest BCUT2D eigenvalue weighted by molar-refractivity contribution is 5.77. The number of hydrogen-bond donors (Lipinski definition) is 1. The lowest BCUT2D eigenvalue weighted by Crippen LogP contribution is -2.12. The van der Waals surface area contributed by atoms with Crippen molar-refractivity contribution in [2.75, 3.05) is 7.11 Å². The smallest absolute Gasteiger partial charge is 0.312 e. The van der Waals surface area contributed by atoms with Crippen LogP contribution in [0.15, 0.2) is 18.2 Å². The van der Waals surface area contributed by atoms with Gasteiger partial charge in [0, 0.05) is 11.6 Å². The van der Waals surface area contributed by atoms with Crippen LogP contribution in [0.4, 0.5) is 4.39 Å². The van der Waals surface area contributed by atoms with Gasteiger partial charge >= 0.3 is 5.97 Å². The van der Waals surface area contributed by atoms with Gasteiger partial charge in [0.15, 0.2) is 0 Å². The number of halogens is 1. The maximum absolute atomic E-state index is 13.2. The molecule has 14 heavy (non-hydrogen) atoms. The van der Waals surface area contributed by atoms with E-state index in [9.17, 15) is 9.18 Å². The number of methoxy groups -OCH3 is 1. The molecule has 0 spiro atoms. The maximum atomic E-state index is 13.2. The summed E-state index contributed by atoms with van der Waals surface area (Å²) in [6, 6.07) is 3.67.